The zero-order valence-corrected chi connectivity index (χ0v) is 30.3. The van der Waals surface area contributed by atoms with Crippen LogP contribution >= 0.6 is 0 Å². The predicted octanol–water partition coefficient (Wildman–Crippen LogP) is 15.3. The summed E-state index contributed by atoms with van der Waals surface area (Å²) in [6, 6.07) is 81.5. The van der Waals surface area contributed by atoms with Crippen LogP contribution in [0.25, 0.3) is 76.8 Å². The van der Waals surface area contributed by atoms with Crippen LogP contribution in [0.2, 0.25) is 0 Å². The average Bonchev–Trinajstić information content (AvgIpc) is 3.27. The van der Waals surface area contributed by atoms with Gasteiger partial charge in [-0.2, -0.15) is 0 Å². The molecule has 10 aromatic carbocycles. The number of rotatable bonds is 7. The minimum Gasteiger partial charge on any atom is -0.310 e. The first kappa shape index (κ1) is 32.4. The Hall–Kier alpha value is -7.22. The third-order valence-electron chi connectivity index (χ3n) is 10.8. The van der Waals surface area contributed by atoms with Crippen molar-refractivity contribution >= 4 is 49.4 Å². The van der Waals surface area contributed by atoms with Gasteiger partial charge in [-0.05, 0) is 119 Å². The van der Waals surface area contributed by atoms with Crippen molar-refractivity contribution in [2.75, 3.05) is 4.90 Å². The Bertz CT molecular complexity index is 2960. The van der Waals surface area contributed by atoms with E-state index in [2.05, 4.69) is 229 Å². The molecule has 0 aromatic heterocycles. The van der Waals surface area contributed by atoms with E-state index in [4.69, 9.17) is 0 Å². The van der Waals surface area contributed by atoms with E-state index < -0.39 is 0 Å². The molecular formula is C54H37N. The monoisotopic (exact) mass is 699 g/mol. The van der Waals surface area contributed by atoms with Gasteiger partial charge in [-0.3, -0.25) is 0 Å². The molecule has 0 unspecified atom stereocenters. The smallest absolute Gasteiger partial charge is 0.0468 e. The molecule has 0 bridgehead atoms. The molecule has 10 aromatic rings. The fourth-order valence-corrected chi connectivity index (χ4v) is 8.22. The Morgan fingerprint density at radius 2 is 0.745 bits per heavy atom. The molecule has 0 aliphatic rings. The van der Waals surface area contributed by atoms with Crippen molar-refractivity contribution in [1.82, 2.24) is 0 Å². The summed E-state index contributed by atoms with van der Waals surface area (Å²) < 4.78 is 0. The lowest BCUT2D eigenvalue weighted by molar-refractivity contribution is 1.28. The third-order valence-corrected chi connectivity index (χ3v) is 10.8. The number of hydrogen-bond acceptors (Lipinski definition) is 1. The number of anilines is 3. The molecule has 1 nitrogen and oxygen atoms in total. The van der Waals surface area contributed by atoms with Gasteiger partial charge in [0.2, 0.25) is 0 Å². The largest absolute Gasteiger partial charge is 0.310 e. The zero-order valence-electron chi connectivity index (χ0n) is 30.3. The lowest BCUT2D eigenvalue weighted by atomic mass is 9.92. The molecule has 0 spiro atoms. The van der Waals surface area contributed by atoms with Gasteiger partial charge in [-0.1, -0.05) is 182 Å². The van der Waals surface area contributed by atoms with Crippen molar-refractivity contribution < 1.29 is 0 Å². The maximum atomic E-state index is 2.40. The van der Waals surface area contributed by atoms with Gasteiger partial charge < -0.3 is 4.90 Å². The van der Waals surface area contributed by atoms with Gasteiger partial charge in [0.25, 0.3) is 0 Å². The molecule has 0 heterocycles. The topological polar surface area (TPSA) is 3.24 Å². The second kappa shape index (κ2) is 14.0. The summed E-state index contributed by atoms with van der Waals surface area (Å²) in [7, 11) is 0. The average molecular weight is 700 g/mol. The Labute approximate surface area is 322 Å². The highest BCUT2D eigenvalue weighted by molar-refractivity contribution is 6.14. The maximum absolute atomic E-state index is 2.40. The summed E-state index contributed by atoms with van der Waals surface area (Å²) in [6.45, 7) is 0. The molecule has 0 aliphatic carbocycles. The van der Waals surface area contributed by atoms with Crippen LogP contribution in [0.3, 0.4) is 0 Å². The first-order valence-corrected chi connectivity index (χ1v) is 18.9. The minimum atomic E-state index is 1.09. The van der Waals surface area contributed by atoms with Gasteiger partial charge in [0.1, 0.15) is 0 Å². The molecule has 10 rings (SSSR count). The maximum Gasteiger partial charge on any atom is 0.0468 e. The molecule has 0 saturated carbocycles. The van der Waals surface area contributed by atoms with Crippen LogP contribution in [0.1, 0.15) is 0 Å². The Balaban J connectivity index is 1.17. The van der Waals surface area contributed by atoms with E-state index in [1.807, 2.05) is 0 Å². The SMILES string of the molecule is c1ccc(-c2ccc(N(c3ccc(-c4cccc5ccccc45)cc3)c3cccc(-c4cc5ccccc5c5ccccc45)c3)cc2-c2ccccc2)cc1. The van der Waals surface area contributed by atoms with E-state index in [0.29, 0.717) is 0 Å². The highest BCUT2D eigenvalue weighted by atomic mass is 15.1. The third kappa shape index (κ3) is 6.02. The lowest BCUT2D eigenvalue weighted by Gasteiger charge is -2.27. The van der Waals surface area contributed by atoms with E-state index in [-0.39, 0.29) is 0 Å². The number of benzene rings is 10. The van der Waals surface area contributed by atoms with Crippen molar-refractivity contribution in [2.24, 2.45) is 0 Å². The van der Waals surface area contributed by atoms with E-state index in [0.717, 1.165) is 17.1 Å². The van der Waals surface area contributed by atoms with Gasteiger partial charge in [0, 0.05) is 17.1 Å². The van der Waals surface area contributed by atoms with Crippen LogP contribution in [-0.4, -0.2) is 0 Å². The van der Waals surface area contributed by atoms with Crippen LogP contribution in [0.5, 0.6) is 0 Å². The summed E-state index contributed by atoms with van der Waals surface area (Å²) in [5.74, 6) is 0. The van der Waals surface area contributed by atoms with Crippen molar-refractivity contribution in [3.05, 3.63) is 224 Å². The second-order valence-electron chi connectivity index (χ2n) is 14.1. The standard InChI is InChI=1S/C54H37N/c1-3-15-38(16-4-1)50-34-33-46(37-54(50)40-17-5-2-6-18-40)55(44-31-29-41(30-32-44)48-28-14-21-39-19-7-9-24-47(39)48)45-23-13-22-42(35-45)53-36-43-20-8-10-25-49(43)51-26-11-12-27-52(51)53/h1-37H. The predicted molar refractivity (Wildman–Crippen MR) is 235 cm³/mol. The Morgan fingerprint density at radius 1 is 0.218 bits per heavy atom. The fourth-order valence-electron chi connectivity index (χ4n) is 8.22. The molecule has 258 valence electrons. The molecule has 0 N–H and O–H groups in total. The normalized spacial score (nSPS) is 11.3. The minimum absolute atomic E-state index is 1.09. The molecule has 55 heavy (non-hydrogen) atoms. The van der Waals surface area contributed by atoms with Crippen LogP contribution in [0, 0.1) is 0 Å². The van der Waals surface area contributed by atoms with Crippen molar-refractivity contribution in [3.63, 3.8) is 0 Å². The van der Waals surface area contributed by atoms with E-state index in [9.17, 15) is 0 Å². The molecule has 0 amide bonds. The number of fused-ring (bicyclic) bond motifs is 4. The van der Waals surface area contributed by atoms with Crippen molar-refractivity contribution in [2.45, 2.75) is 0 Å². The number of hydrogen-bond donors (Lipinski definition) is 0. The van der Waals surface area contributed by atoms with Crippen LogP contribution in [0.15, 0.2) is 224 Å². The first-order valence-electron chi connectivity index (χ1n) is 18.9. The van der Waals surface area contributed by atoms with Crippen molar-refractivity contribution in [1.29, 1.82) is 0 Å². The quantitative estimate of drug-likeness (QED) is 0.150. The fraction of sp³-hybridized carbons (Fsp3) is 0. The van der Waals surface area contributed by atoms with E-state index >= 15 is 0 Å². The molecule has 1 heteroatoms. The first-order chi connectivity index (χ1) is 27.3. The molecule has 0 atom stereocenters. The van der Waals surface area contributed by atoms with Gasteiger partial charge in [0.15, 0.2) is 0 Å². The van der Waals surface area contributed by atoms with Crippen LogP contribution < -0.4 is 4.90 Å². The molecule has 0 saturated heterocycles. The summed E-state index contributed by atoms with van der Waals surface area (Å²) in [6.07, 6.45) is 0. The Kier molecular flexibility index (Phi) is 8.24. The van der Waals surface area contributed by atoms with Crippen LogP contribution in [-0.2, 0) is 0 Å². The highest BCUT2D eigenvalue weighted by Crippen LogP contribution is 2.43. The van der Waals surface area contributed by atoms with Gasteiger partial charge in [-0.15, -0.1) is 0 Å². The van der Waals surface area contributed by atoms with Gasteiger partial charge >= 0.3 is 0 Å². The Morgan fingerprint density at radius 3 is 1.51 bits per heavy atom. The van der Waals surface area contributed by atoms with Crippen LogP contribution in [0.4, 0.5) is 17.1 Å². The highest BCUT2D eigenvalue weighted by Gasteiger charge is 2.18. The molecule has 0 radical (unpaired) electrons. The van der Waals surface area contributed by atoms with E-state index in [1.165, 1.54) is 76.8 Å². The lowest BCUT2D eigenvalue weighted by Crippen LogP contribution is -2.10. The van der Waals surface area contributed by atoms with E-state index in [1.54, 1.807) is 0 Å². The number of nitrogens with zero attached hydrogens (tertiary/aromatic N) is 1. The summed E-state index contributed by atoms with van der Waals surface area (Å²) >= 11 is 0. The van der Waals surface area contributed by atoms with Gasteiger partial charge in [-0.25, -0.2) is 0 Å². The summed E-state index contributed by atoms with van der Waals surface area (Å²) in [4.78, 5) is 2.40. The molecular weight excluding hydrogens is 663 g/mol. The summed E-state index contributed by atoms with van der Waals surface area (Å²) in [5.41, 5.74) is 12.9. The van der Waals surface area contributed by atoms with Crippen molar-refractivity contribution in [3.8, 4) is 44.5 Å². The zero-order chi connectivity index (χ0) is 36.6. The molecule has 0 aliphatic heterocycles. The molecule has 0 fully saturated rings. The second-order valence-corrected chi connectivity index (χ2v) is 14.1. The summed E-state index contributed by atoms with van der Waals surface area (Å²) in [5, 5.41) is 7.54. The van der Waals surface area contributed by atoms with Gasteiger partial charge in [0.05, 0.1) is 0 Å².